The van der Waals surface area contributed by atoms with Gasteiger partial charge in [0, 0.05) is 10.4 Å². The van der Waals surface area contributed by atoms with Gasteiger partial charge in [-0.2, -0.15) is 0 Å². The summed E-state index contributed by atoms with van der Waals surface area (Å²) in [5.41, 5.74) is 2.06. The second kappa shape index (κ2) is 5.31. The average Bonchev–Trinajstić information content (AvgIpc) is 2.75. The Hall–Kier alpha value is -1.68. The monoisotopic (exact) mass is 263 g/mol. The Labute approximate surface area is 109 Å². The zero-order chi connectivity index (χ0) is 13.1. The minimum Gasteiger partial charge on any atom is -0.347 e. The van der Waals surface area contributed by atoms with Crippen LogP contribution in [0, 0.1) is 19.7 Å². The topological polar surface area (TPSA) is 29.1 Å². The first-order valence-corrected chi connectivity index (χ1v) is 6.53. The summed E-state index contributed by atoms with van der Waals surface area (Å²) in [6, 6.07) is 6.53. The van der Waals surface area contributed by atoms with E-state index in [1.54, 1.807) is 30.4 Å². The zero-order valence-electron chi connectivity index (χ0n) is 10.3. The van der Waals surface area contributed by atoms with Crippen molar-refractivity contribution in [3.63, 3.8) is 0 Å². The normalized spacial score (nSPS) is 10.4. The SMILES string of the molecule is Cc1ccc(C(=O)NCc2sccc2C)cc1F. The molecule has 1 aromatic carbocycles. The summed E-state index contributed by atoms with van der Waals surface area (Å²) in [7, 11) is 0. The van der Waals surface area contributed by atoms with Gasteiger partial charge in [0.1, 0.15) is 5.82 Å². The molecular formula is C14H14FNOS. The lowest BCUT2D eigenvalue weighted by Crippen LogP contribution is -2.22. The predicted molar refractivity (Wildman–Crippen MR) is 71.4 cm³/mol. The fourth-order valence-electron chi connectivity index (χ4n) is 1.58. The van der Waals surface area contributed by atoms with Crippen LogP contribution in [0.1, 0.15) is 26.4 Å². The van der Waals surface area contributed by atoms with Crippen molar-refractivity contribution in [1.82, 2.24) is 5.32 Å². The number of hydrogen-bond donors (Lipinski definition) is 1. The molecule has 0 spiro atoms. The van der Waals surface area contributed by atoms with Gasteiger partial charge in [-0.25, -0.2) is 4.39 Å². The Bertz CT molecular complexity index is 577. The Kier molecular flexibility index (Phi) is 3.77. The molecule has 2 nitrogen and oxygen atoms in total. The molecular weight excluding hydrogens is 249 g/mol. The van der Waals surface area contributed by atoms with E-state index in [0.29, 0.717) is 17.7 Å². The van der Waals surface area contributed by atoms with Crippen LogP contribution in [0.2, 0.25) is 0 Å². The molecule has 4 heteroatoms. The first kappa shape index (κ1) is 12.8. The minimum absolute atomic E-state index is 0.248. The third-order valence-electron chi connectivity index (χ3n) is 2.81. The van der Waals surface area contributed by atoms with Crippen molar-refractivity contribution in [2.75, 3.05) is 0 Å². The third kappa shape index (κ3) is 2.76. The number of thiophene rings is 1. The second-order valence-electron chi connectivity index (χ2n) is 4.17. The van der Waals surface area contributed by atoms with Gasteiger partial charge in [-0.05, 0) is 48.6 Å². The van der Waals surface area contributed by atoms with Gasteiger partial charge >= 0.3 is 0 Å². The van der Waals surface area contributed by atoms with Crippen LogP contribution in [-0.4, -0.2) is 5.91 Å². The summed E-state index contributed by atoms with van der Waals surface area (Å²) in [5, 5.41) is 4.78. The summed E-state index contributed by atoms with van der Waals surface area (Å²) < 4.78 is 13.3. The molecule has 0 saturated carbocycles. The smallest absolute Gasteiger partial charge is 0.251 e. The highest BCUT2D eigenvalue weighted by Crippen LogP contribution is 2.15. The minimum atomic E-state index is -0.352. The molecule has 0 bridgehead atoms. The van der Waals surface area contributed by atoms with Gasteiger partial charge in [-0.1, -0.05) is 6.07 Å². The number of rotatable bonds is 3. The summed E-state index contributed by atoms with van der Waals surface area (Å²) in [6.45, 7) is 4.16. The summed E-state index contributed by atoms with van der Waals surface area (Å²) >= 11 is 1.60. The standard InChI is InChI=1S/C14H14FNOS/c1-9-3-4-11(7-12(9)15)14(17)16-8-13-10(2)5-6-18-13/h3-7H,8H2,1-2H3,(H,16,17). The fourth-order valence-corrected chi connectivity index (χ4v) is 2.43. The number of halogens is 1. The van der Waals surface area contributed by atoms with Gasteiger partial charge in [0.15, 0.2) is 0 Å². The highest BCUT2D eigenvalue weighted by Gasteiger charge is 2.08. The first-order chi connectivity index (χ1) is 8.58. The molecule has 18 heavy (non-hydrogen) atoms. The molecule has 94 valence electrons. The van der Waals surface area contributed by atoms with Gasteiger partial charge in [0.2, 0.25) is 0 Å². The molecule has 0 radical (unpaired) electrons. The number of benzene rings is 1. The molecule has 0 unspecified atom stereocenters. The van der Waals surface area contributed by atoms with Crippen molar-refractivity contribution in [3.05, 3.63) is 57.0 Å². The number of aryl methyl sites for hydroxylation is 2. The van der Waals surface area contributed by atoms with E-state index in [0.717, 1.165) is 10.4 Å². The van der Waals surface area contributed by atoms with Gasteiger partial charge in [-0.3, -0.25) is 4.79 Å². The van der Waals surface area contributed by atoms with E-state index < -0.39 is 0 Å². The quantitative estimate of drug-likeness (QED) is 0.903. The molecule has 0 atom stereocenters. The van der Waals surface area contributed by atoms with Crippen LogP contribution in [0.3, 0.4) is 0 Å². The van der Waals surface area contributed by atoms with E-state index >= 15 is 0 Å². The molecule has 0 aliphatic carbocycles. The maximum Gasteiger partial charge on any atom is 0.251 e. The van der Waals surface area contributed by atoms with E-state index in [1.165, 1.54) is 6.07 Å². The largest absolute Gasteiger partial charge is 0.347 e. The molecule has 0 aliphatic heterocycles. The van der Waals surface area contributed by atoms with Crippen LogP contribution < -0.4 is 5.32 Å². The fraction of sp³-hybridized carbons (Fsp3) is 0.214. The van der Waals surface area contributed by atoms with E-state index in [4.69, 9.17) is 0 Å². The first-order valence-electron chi connectivity index (χ1n) is 5.65. The lowest BCUT2D eigenvalue weighted by molar-refractivity contribution is 0.0951. The van der Waals surface area contributed by atoms with Gasteiger partial charge in [-0.15, -0.1) is 11.3 Å². The Morgan fingerprint density at radius 2 is 2.06 bits per heavy atom. The van der Waals surface area contributed by atoms with Crippen LogP contribution >= 0.6 is 11.3 Å². The van der Waals surface area contributed by atoms with Crippen molar-refractivity contribution >= 4 is 17.2 Å². The zero-order valence-corrected chi connectivity index (χ0v) is 11.1. The van der Waals surface area contributed by atoms with Crippen molar-refractivity contribution < 1.29 is 9.18 Å². The number of carbonyl (C=O) groups excluding carboxylic acids is 1. The van der Waals surface area contributed by atoms with Crippen molar-refractivity contribution in [2.24, 2.45) is 0 Å². The molecule has 0 fully saturated rings. The molecule has 0 saturated heterocycles. The van der Waals surface area contributed by atoms with E-state index in [9.17, 15) is 9.18 Å². The molecule has 2 rings (SSSR count). The van der Waals surface area contributed by atoms with E-state index in [2.05, 4.69) is 5.32 Å². The maximum atomic E-state index is 13.3. The second-order valence-corrected chi connectivity index (χ2v) is 5.17. The molecule has 2 aromatic rings. The summed E-state index contributed by atoms with van der Waals surface area (Å²) in [5.74, 6) is -0.600. The lowest BCUT2D eigenvalue weighted by Gasteiger charge is -2.05. The Morgan fingerprint density at radius 3 is 2.67 bits per heavy atom. The van der Waals surface area contributed by atoms with Gasteiger partial charge in [0.25, 0.3) is 5.91 Å². The molecule has 1 heterocycles. The van der Waals surface area contributed by atoms with Gasteiger partial charge in [0.05, 0.1) is 6.54 Å². The van der Waals surface area contributed by atoms with Crippen LogP contribution in [-0.2, 0) is 6.54 Å². The predicted octanol–water partition coefficient (Wildman–Crippen LogP) is 3.43. The van der Waals surface area contributed by atoms with Crippen molar-refractivity contribution in [3.8, 4) is 0 Å². The highest BCUT2D eigenvalue weighted by atomic mass is 32.1. The summed E-state index contributed by atoms with van der Waals surface area (Å²) in [6.07, 6.45) is 0. The third-order valence-corrected chi connectivity index (χ3v) is 3.83. The Morgan fingerprint density at radius 1 is 1.28 bits per heavy atom. The molecule has 1 amide bonds. The molecule has 0 aliphatic rings. The lowest BCUT2D eigenvalue weighted by atomic mass is 10.1. The highest BCUT2D eigenvalue weighted by molar-refractivity contribution is 7.10. The molecule has 1 N–H and O–H groups in total. The average molecular weight is 263 g/mol. The summed E-state index contributed by atoms with van der Waals surface area (Å²) in [4.78, 5) is 13.0. The van der Waals surface area contributed by atoms with E-state index in [1.807, 2.05) is 18.4 Å². The van der Waals surface area contributed by atoms with Crippen LogP contribution in [0.5, 0.6) is 0 Å². The van der Waals surface area contributed by atoms with E-state index in [-0.39, 0.29) is 11.7 Å². The number of nitrogens with one attached hydrogen (secondary N) is 1. The van der Waals surface area contributed by atoms with Crippen LogP contribution in [0.15, 0.2) is 29.6 Å². The number of carbonyl (C=O) groups is 1. The number of amides is 1. The maximum absolute atomic E-state index is 13.3. The van der Waals surface area contributed by atoms with Crippen LogP contribution in [0.25, 0.3) is 0 Å². The molecule has 1 aromatic heterocycles. The van der Waals surface area contributed by atoms with Crippen LogP contribution in [0.4, 0.5) is 4.39 Å². The number of hydrogen-bond acceptors (Lipinski definition) is 2. The van der Waals surface area contributed by atoms with Crippen molar-refractivity contribution in [1.29, 1.82) is 0 Å². The van der Waals surface area contributed by atoms with Gasteiger partial charge < -0.3 is 5.32 Å². The van der Waals surface area contributed by atoms with Crippen molar-refractivity contribution in [2.45, 2.75) is 20.4 Å². The Balaban J connectivity index is 2.04.